The Bertz CT molecular complexity index is 190. The van der Waals surface area contributed by atoms with E-state index in [4.69, 9.17) is 28.5 Å². The summed E-state index contributed by atoms with van der Waals surface area (Å²) in [6.45, 7) is 8.24. The molecule has 0 aromatic rings. The molecule has 0 fully saturated rings. The lowest BCUT2D eigenvalue weighted by atomic mass is 10.1. The minimum atomic E-state index is -1.36. The average Bonchev–Trinajstić information content (AvgIpc) is 1.85. The topological polar surface area (TPSA) is 23.8 Å². The van der Waals surface area contributed by atoms with E-state index >= 15 is 0 Å². The fourth-order valence-electron chi connectivity index (χ4n) is 0.688. The number of hydrogen-bond acceptors (Lipinski definition) is 1. The van der Waals surface area contributed by atoms with Crippen molar-refractivity contribution in [2.24, 2.45) is 0 Å². The molecule has 2 unspecified atom stereocenters. The van der Waals surface area contributed by atoms with E-state index in [1.807, 2.05) is 6.07 Å². The second kappa shape index (κ2) is 4.00. The van der Waals surface area contributed by atoms with Gasteiger partial charge in [-0.25, -0.2) is 0 Å². The van der Waals surface area contributed by atoms with E-state index in [0.717, 1.165) is 0 Å². The minimum absolute atomic E-state index is 0.0691. The molecule has 0 saturated carbocycles. The molecular weight excluding hydrogens is 209 g/mol. The maximum Gasteiger partial charge on any atom is 0.129 e. The molecule has 70 valence electrons. The monoisotopic (exact) mass is 223 g/mol. The molecule has 0 amide bonds. The fraction of sp³-hybridized carbons (Fsp3) is 0.875. The first kappa shape index (κ1) is 12.3. The standard InChI is InChI=1S/C8H15Cl2NSi/c1-8(10,6-11)5-7(9)12(2,3)4/h7H,5H2,1-4H3. The summed E-state index contributed by atoms with van der Waals surface area (Å²) in [6.07, 6.45) is 0.572. The lowest BCUT2D eigenvalue weighted by Gasteiger charge is -2.26. The number of nitriles is 1. The molecule has 0 aliphatic rings. The molecule has 0 bridgehead atoms. The van der Waals surface area contributed by atoms with Crippen LogP contribution in [0.15, 0.2) is 0 Å². The van der Waals surface area contributed by atoms with E-state index in [1.54, 1.807) is 6.92 Å². The maximum absolute atomic E-state index is 8.68. The van der Waals surface area contributed by atoms with Crippen molar-refractivity contribution in [3.8, 4) is 6.07 Å². The van der Waals surface area contributed by atoms with Gasteiger partial charge in [0.1, 0.15) is 4.87 Å². The van der Waals surface area contributed by atoms with Crippen LogP contribution in [-0.2, 0) is 0 Å². The highest BCUT2D eigenvalue weighted by molar-refractivity contribution is 6.83. The Morgan fingerprint density at radius 3 is 2.17 bits per heavy atom. The zero-order valence-electron chi connectivity index (χ0n) is 7.99. The van der Waals surface area contributed by atoms with E-state index < -0.39 is 12.9 Å². The van der Waals surface area contributed by atoms with Gasteiger partial charge < -0.3 is 0 Å². The second-order valence-corrected chi connectivity index (χ2v) is 11.5. The highest BCUT2D eigenvalue weighted by Gasteiger charge is 2.32. The summed E-state index contributed by atoms with van der Waals surface area (Å²) < 4.78 is 0. The Labute approximate surface area is 85.7 Å². The first-order chi connectivity index (χ1) is 5.19. The number of nitrogens with zero attached hydrogens (tertiary/aromatic N) is 1. The van der Waals surface area contributed by atoms with Crippen LogP contribution >= 0.6 is 23.2 Å². The predicted molar refractivity (Wildman–Crippen MR) is 57.5 cm³/mol. The van der Waals surface area contributed by atoms with Gasteiger partial charge in [0, 0.05) is 5.00 Å². The molecule has 0 aliphatic carbocycles. The van der Waals surface area contributed by atoms with E-state index in [-0.39, 0.29) is 5.00 Å². The van der Waals surface area contributed by atoms with Gasteiger partial charge in [-0.1, -0.05) is 19.6 Å². The number of alkyl halides is 2. The molecule has 0 rings (SSSR count). The maximum atomic E-state index is 8.68. The van der Waals surface area contributed by atoms with Gasteiger partial charge in [0.15, 0.2) is 0 Å². The van der Waals surface area contributed by atoms with Crippen molar-refractivity contribution in [1.29, 1.82) is 5.26 Å². The second-order valence-electron chi connectivity index (χ2n) is 4.35. The third kappa shape index (κ3) is 4.35. The molecule has 0 saturated heterocycles. The minimum Gasteiger partial charge on any atom is -0.196 e. The highest BCUT2D eigenvalue weighted by atomic mass is 35.5. The quantitative estimate of drug-likeness (QED) is 0.532. The van der Waals surface area contributed by atoms with Crippen molar-refractivity contribution in [3.05, 3.63) is 0 Å². The smallest absolute Gasteiger partial charge is 0.129 e. The van der Waals surface area contributed by atoms with Gasteiger partial charge in [-0.15, -0.1) is 23.2 Å². The van der Waals surface area contributed by atoms with Crippen LogP contribution in [0.25, 0.3) is 0 Å². The molecule has 0 N–H and O–H groups in total. The van der Waals surface area contributed by atoms with E-state index in [0.29, 0.717) is 6.42 Å². The highest BCUT2D eigenvalue weighted by Crippen LogP contribution is 2.27. The SMILES string of the molecule is CC(Cl)(C#N)CC(Cl)[Si](C)(C)C. The van der Waals surface area contributed by atoms with Crippen LogP contribution in [0.1, 0.15) is 13.3 Å². The largest absolute Gasteiger partial charge is 0.196 e. The van der Waals surface area contributed by atoms with E-state index in [9.17, 15) is 0 Å². The molecule has 0 aromatic heterocycles. The number of halogens is 2. The van der Waals surface area contributed by atoms with Crippen LogP contribution in [0.3, 0.4) is 0 Å². The van der Waals surface area contributed by atoms with E-state index in [1.165, 1.54) is 0 Å². The van der Waals surface area contributed by atoms with Gasteiger partial charge in [-0.05, 0) is 13.3 Å². The lowest BCUT2D eigenvalue weighted by molar-refractivity contribution is 0.728. The van der Waals surface area contributed by atoms with Crippen molar-refractivity contribution < 1.29 is 0 Å². The van der Waals surface area contributed by atoms with Crippen molar-refractivity contribution in [2.75, 3.05) is 0 Å². The van der Waals surface area contributed by atoms with Gasteiger partial charge >= 0.3 is 0 Å². The molecule has 12 heavy (non-hydrogen) atoms. The van der Waals surface area contributed by atoms with Gasteiger partial charge in [-0.2, -0.15) is 5.26 Å². The molecule has 0 spiro atoms. The normalized spacial score (nSPS) is 19.4. The third-order valence-corrected chi connectivity index (χ3v) is 6.18. The summed E-state index contributed by atoms with van der Waals surface area (Å²) in [7, 11) is -1.36. The molecule has 2 atom stereocenters. The molecule has 4 heteroatoms. The molecule has 0 radical (unpaired) electrons. The molecule has 0 aliphatic heterocycles. The summed E-state index contributed by atoms with van der Waals surface area (Å²) in [6, 6.07) is 2.05. The van der Waals surface area contributed by atoms with Crippen molar-refractivity contribution in [3.63, 3.8) is 0 Å². The zero-order chi connectivity index (χ0) is 9.99. The van der Waals surface area contributed by atoms with Crippen LogP contribution in [0, 0.1) is 11.3 Å². The Morgan fingerprint density at radius 2 is 1.92 bits per heavy atom. The van der Waals surface area contributed by atoms with Gasteiger partial charge in [-0.3, -0.25) is 0 Å². The Kier molecular flexibility index (Phi) is 4.09. The number of hydrogen-bond donors (Lipinski definition) is 0. The van der Waals surface area contributed by atoms with Crippen LogP contribution < -0.4 is 0 Å². The Hall–Kier alpha value is 0.287. The Balaban J connectivity index is 4.22. The van der Waals surface area contributed by atoms with Gasteiger partial charge in [0.2, 0.25) is 0 Å². The molecular formula is C8H15Cl2NSi. The zero-order valence-corrected chi connectivity index (χ0v) is 10.5. The van der Waals surface area contributed by atoms with Crippen LogP contribution in [0.4, 0.5) is 0 Å². The fourth-order valence-corrected chi connectivity index (χ4v) is 2.38. The molecule has 0 heterocycles. The summed E-state index contributed by atoms with van der Waals surface area (Å²) in [5.74, 6) is 0. The molecule has 0 aromatic carbocycles. The van der Waals surface area contributed by atoms with Crippen LogP contribution in [0.2, 0.25) is 19.6 Å². The van der Waals surface area contributed by atoms with Gasteiger partial charge in [0.25, 0.3) is 0 Å². The van der Waals surface area contributed by atoms with Gasteiger partial charge in [0.05, 0.1) is 14.1 Å². The van der Waals surface area contributed by atoms with Crippen molar-refractivity contribution in [1.82, 2.24) is 0 Å². The predicted octanol–water partition coefficient (Wildman–Crippen LogP) is 3.38. The summed E-state index contributed by atoms with van der Waals surface area (Å²) >= 11 is 12.0. The summed E-state index contributed by atoms with van der Waals surface area (Å²) in [5, 5.41) is 8.75. The molecule has 1 nitrogen and oxygen atoms in total. The van der Waals surface area contributed by atoms with Crippen LogP contribution in [-0.4, -0.2) is 17.9 Å². The third-order valence-electron chi connectivity index (χ3n) is 1.74. The van der Waals surface area contributed by atoms with Crippen LogP contribution in [0.5, 0.6) is 0 Å². The first-order valence-corrected chi connectivity index (χ1v) is 8.32. The first-order valence-electron chi connectivity index (χ1n) is 3.93. The summed E-state index contributed by atoms with van der Waals surface area (Å²) in [5.41, 5.74) is 0. The lowest BCUT2D eigenvalue weighted by Crippen LogP contribution is -2.38. The summed E-state index contributed by atoms with van der Waals surface area (Å²) in [4.78, 5) is -0.799. The van der Waals surface area contributed by atoms with Crippen molar-refractivity contribution >= 4 is 31.3 Å². The Morgan fingerprint density at radius 1 is 1.50 bits per heavy atom. The van der Waals surface area contributed by atoms with Crippen molar-refractivity contribution in [2.45, 2.75) is 42.9 Å². The van der Waals surface area contributed by atoms with E-state index in [2.05, 4.69) is 19.6 Å². The number of rotatable bonds is 3. The average molecular weight is 224 g/mol.